The van der Waals surface area contributed by atoms with Gasteiger partial charge in [0.25, 0.3) is 0 Å². The average Bonchev–Trinajstić information content (AvgIpc) is 2.17. The molecule has 0 aromatic rings. The number of hydrogen-bond donors (Lipinski definition) is 0. The van der Waals surface area contributed by atoms with Crippen molar-refractivity contribution in [2.24, 2.45) is 17.8 Å². The van der Waals surface area contributed by atoms with Crippen LogP contribution in [0.3, 0.4) is 0 Å². The zero-order valence-electron chi connectivity index (χ0n) is 5.64. The highest BCUT2D eigenvalue weighted by Crippen LogP contribution is 2.58. The molecule has 0 heterocycles. The topological polar surface area (TPSA) is 17.1 Å². The second kappa shape index (κ2) is 2.51. The number of carbonyl (C=O) groups is 1. The summed E-state index contributed by atoms with van der Waals surface area (Å²) in [6.07, 6.45) is 0.978. The van der Waals surface area contributed by atoms with Crippen molar-refractivity contribution in [3.63, 3.8) is 0 Å². The van der Waals surface area contributed by atoms with E-state index in [-0.39, 0.29) is 33.8 Å². The van der Waals surface area contributed by atoms with E-state index in [0.29, 0.717) is 0 Å². The lowest BCUT2D eigenvalue weighted by Gasteiger charge is -2.32. The van der Waals surface area contributed by atoms with Crippen LogP contribution in [0.15, 0.2) is 0 Å². The molecule has 3 fully saturated rings. The number of carbonyl (C=O) groups excluding carboxylic acids is 1. The zero-order valence-corrected chi connectivity index (χ0v) is 7.90. The first kappa shape index (κ1) is 8.15. The summed E-state index contributed by atoms with van der Waals surface area (Å²) in [5, 5.41) is -0.358. The Labute approximate surface area is 80.0 Å². The van der Waals surface area contributed by atoms with Gasteiger partial charge in [-0.05, 0) is 29.9 Å². The van der Waals surface area contributed by atoms with Crippen molar-refractivity contribution in [2.75, 3.05) is 0 Å². The van der Waals surface area contributed by atoms with Crippen LogP contribution in [0.4, 0.5) is 0 Å². The van der Waals surface area contributed by atoms with E-state index in [4.69, 9.17) is 34.8 Å². The van der Waals surface area contributed by atoms with Gasteiger partial charge in [-0.15, -0.1) is 23.2 Å². The summed E-state index contributed by atoms with van der Waals surface area (Å²) in [5.41, 5.74) is 0. The molecule has 3 saturated carbocycles. The first-order chi connectivity index (χ1) is 5.13. The fourth-order valence-electron chi connectivity index (χ4n) is 2.19. The fraction of sp³-hybridized carbons (Fsp3) is 0.857. The van der Waals surface area contributed by atoms with Gasteiger partial charge >= 0.3 is 0 Å². The molecule has 5 atom stereocenters. The van der Waals surface area contributed by atoms with Crippen LogP contribution in [0.5, 0.6) is 0 Å². The molecule has 0 radical (unpaired) electrons. The highest BCUT2D eigenvalue weighted by atomic mass is 35.5. The van der Waals surface area contributed by atoms with Crippen LogP contribution in [0.1, 0.15) is 6.42 Å². The van der Waals surface area contributed by atoms with Crippen LogP contribution < -0.4 is 0 Å². The monoisotopic (exact) mass is 212 g/mol. The normalized spacial score (nSPS) is 53.9. The molecule has 3 rings (SSSR count). The molecule has 4 heteroatoms. The van der Waals surface area contributed by atoms with Gasteiger partial charge in [0.2, 0.25) is 5.24 Å². The predicted molar refractivity (Wildman–Crippen MR) is 45.2 cm³/mol. The summed E-state index contributed by atoms with van der Waals surface area (Å²) in [4.78, 5) is 10.8. The highest BCUT2D eigenvalue weighted by Gasteiger charge is 2.60. The Morgan fingerprint density at radius 1 is 1.18 bits per heavy atom. The third-order valence-electron chi connectivity index (χ3n) is 2.85. The van der Waals surface area contributed by atoms with Crippen LogP contribution in [0.25, 0.3) is 0 Å². The molecule has 0 N–H and O–H groups in total. The van der Waals surface area contributed by atoms with Crippen LogP contribution in [-0.4, -0.2) is 16.0 Å². The van der Waals surface area contributed by atoms with Gasteiger partial charge in [-0.2, -0.15) is 0 Å². The maximum atomic E-state index is 10.8. The molecule has 0 aromatic heterocycles. The molecule has 62 valence electrons. The molecule has 3 aliphatic carbocycles. The lowest BCUT2D eigenvalue weighted by atomic mass is 9.73. The van der Waals surface area contributed by atoms with Crippen molar-refractivity contribution in [1.29, 1.82) is 0 Å². The van der Waals surface area contributed by atoms with Crippen molar-refractivity contribution in [2.45, 2.75) is 17.2 Å². The quantitative estimate of drug-likeness (QED) is 0.482. The van der Waals surface area contributed by atoms with E-state index in [1.807, 2.05) is 0 Å². The summed E-state index contributed by atoms with van der Waals surface area (Å²) in [5.74, 6) is 0.435. The van der Waals surface area contributed by atoms with E-state index in [9.17, 15) is 4.79 Å². The molecule has 11 heavy (non-hydrogen) atoms. The van der Waals surface area contributed by atoms with Crippen LogP contribution in [0.2, 0.25) is 0 Å². The Morgan fingerprint density at radius 3 is 1.82 bits per heavy atom. The molecule has 0 amide bonds. The Morgan fingerprint density at radius 2 is 1.64 bits per heavy atom. The minimum Gasteiger partial charge on any atom is -0.281 e. The standard InChI is InChI=1S/C7H7Cl3O/c8-5-2-1-3(6(5)9)4(2)7(10)11/h2-6H,1H2/t2-,3+,4?,5-,6+. The van der Waals surface area contributed by atoms with E-state index < -0.39 is 0 Å². The summed E-state index contributed by atoms with van der Waals surface area (Å²) in [7, 11) is 0. The van der Waals surface area contributed by atoms with Gasteiger partial charge in [-0.25, -0.2) is 0 Å². The maximum Gasteiger partial charge on any atom is 0.225 e. The van der Waals surface area contributed by atoms with E-state index in [2.05, 4.69) is 0 Å². The molecule has 1 nitrogen and oxygen atoms in total. The first-order valence-electron chi connectivity index (χ1n) is 3.60. The molecule has 1 unspecified atom stereocenters. The predicted octanol–water partition coefficient (Wildman–Crippen LogP) is 2.23. The van der Waals surface area contributed by atoms with Gasteiger partial charge in [0, 0.05) is 5.92 Å². The third kappa shape index (κ3) is 0.944. The Bertz CT molecular complexity index is 192. The van der Waals surface area contributed by atoms with Crippen molar-refractivity contribution >= 4 is 40.0 Å². The minimum atomic E-state index is -0.264. The minimum absolute atomic E-state index is 0.0469. The van der Waals surface area contributed by atoms with Gasteiger partial charge in [0.1, 0.15) is 0 Å². The lowest BCUT2D eigenvalue weighted by molar-refractivity contribution is -0.120. The fourth-order valence-corrected chi connectivity index (χ4v) is 3.41. The van der Waals surface area contributed by atoms with Gasteiger partial charge in [0.15, 0.2) is 0 Å². The smallest absolute Gasteiger partial charge is 0.225 e. The van der Waals surface area contributed by atoms with Crippen LogP contribution in [0, 0.1) is 17.8 Å². The number of rotatable bonds is 1. The van der Waals surface area contributed by atoms with Gasteiger partial charge in [-0.1, -0.05) is 0 Å². The zero-order chi connectivity index (χ0) is 8.17. The number of halogens is 3. The summed E-state index contributed by atoms with van der Waals surface area (Å²) >= 11 is 17.3. The van der Waals surface area contributed by atoms with E-state index in [1.54, 1.807) is 0 Å². The molecular formula is C7H7Cl3O. The van der Waals surface area contributed by atoms with Crippen molar-refractivity contribution in [1.82, 2.24) is 0 Å². The van der Waals surface area contributed by atoms with Crippen molar-refractivity contribution in [3.8, 4) is 0 Å². The summed E-state index contributed by atoms with van der Waals surface area (Å²) in [6.45, 7) is 0. The lowest BCUT2D eigenvalue weighted by Crippen LogP contribution is -2.34. The molecular weight excluding hydrogens is 206 g/mol. The van der Waals surface area contributed by atoms with Gasteiger partial charge in [0.05, 0.1) is 10.8 Å². The average molecular weight is 213 g/mol. The molecule has 0 aromatic carbocycles. The Balaban J connectivity index is 2.17. The van der Waals surface area contributed by atoms with Crippen LogP contribution in [-0.2, 0) is 4.79 Å². The molecule has 2 bridgehead atoms. The largest absolute Gasteiger partial charge is 0.281 e. The number of fused-ring (bicyclic) bond motifs is 1. The van der Waals surface area contributed by atoms with Gasteiger partial charge in [-0.3, -0.25) is 4.79 Å². The van der Waals surface area contributed by atoms with Crippen LogP contribution >= 0.6 is 34.8 Å². The highest BCUT2D eigenvalue weighted by molar-refractivity contribution is 6.64. The van der Waals surface area contributed by atoms with E-state index >= 15 is 0 Å². The van der Waals surface area contributed by atoms with Gasteiger partial charge < -0.3 is 0 Å². The van der Waals surface area contributed by atoms with E-state index in [1.165, 1.54) is 0 Å². The summed E-state index contributed by atoms with van der Waals surface area (Å²) in [6, 6.07) is 0. The Kier molecular flexibility index (Phi) is 1.86. The van der Waals surface area contributed by atoms with E-state index in [0.717, 1.165) is 6.42 Å². The second-order valence-electron chi connectivity index (χ2n) is 3.28. The third-order valence-corrected chi connectivity index (χ3v) is 4.42. The molecule has 0 aliphatic heterocycles. The molecule has 0 spiro atoms. The molecule has 0 saturated heterocycles. The number of alkyl halides is 2. The summed E-state index contributed by atoms with van der Waals surface area (Å²) < 4.78 is 0. The molecule has 3 aliphatic rings. The number of hydrogen-bond acceptors (Lipinski definition) is 1. The van der Waals surface area contributed by atoms with Crippen molar-refractivity contribution < 1.29 is 4.79 Å². The second-order valence-corrected chi connectivity index (χ2v) is 4.66. The van der Waals surface area contributed by atoms with Crippen molar-refractivity contribution in [3.05, 3.63) is 0 Å². The maximum absolute atomic E-state index is 10.8. The SMILES string of the molecule is O=C(Cl)C1[C@H]2C[C@@H]1[C@H](Cl)[C@@H]2Cl. The first-order valence-corrected chi connectivity index (χ1v) is 4.85. The Hall–Kier alpha value is 0.540.